The number of carbonyl (C=O) groups is 1. The highest BCUT2D eigenvalue weighted by Gasteiger charge is 2.33. The number of methoxy groups -OCH3 is 1. The third kappa shape index (κ3) is 3.71. The first-order valence-corrected chi connectivity index (χ1v) is 10.3. The Kier molecular flexibility index (Phi) is 5.26. The Morgan fingerprint density at radius 3 is 2.55 bits per heavy atom. The number of ether oxygens (including phenoxy) is 1. The second-order valence-electron chi connectivity index (χ2n) is 6.55. The van der Waals surface area contributed by atoms with Gasteiger partial charge in [0.15, 0.2) is 0 Å². The van der Waals surface area contributed by atoms with Gasteiger partial charge in [-0.1, -0.05) is 12.1 Å². The van der Waals surface area contributed by atoms with Crippen molar-refractivity contribution in [3.05, 3.63) is 71.7 Å². The monoisotopic (exact) mass is 407 g/mol. The second kappa shape index (κ2) is 8.00. The molecule has 1 atom stereocenters. The third-order valence-corrected chi connectivity index (χ3v) is 5.56. The van der Waals surface area contributed by atoms with E-state index in [2.05, 4.69) is 20.7 Å². The van der Waals surface area contributed by atoms with Gasteiger partial charge in [-0.15, -0.1) is 11.8 Å². The van der Waals surface area contributed by atoms with Gasteiger partial charge in [0.05, 0.1) is 12.7 Å². The van der Waals surface area contributed by atoms with Crippen LogP contribution in [0.2, 0.25) is 0 Å². The minimum Gasteiger partial charge on any atom is -0.497 e. The highest BCUT2D eigenvalue weighted by molar-refractivity contribution is 7.98. The molecule has 1 unspecified atom stereocenters. The highest BCUT2D eigenvalue weighted by Crippen LogP contribution is 2.35. The molecule has 0 spiro atoms. The van der Waals surface area contributed by atoms with Crippen LogP contribution < -0.4 is 15.4 Å². The fourth-order valence-corrected chi connectivity index (χ4v) is 3.76. The summed E-state index contributed by atoms with van der Waals surface area (Å²) in [7, 11) is 1.61. The van der Waals surface area contributed by atoms with Gasteiger partial charge in [0, 0.05) is 16.3 Å². The molecular weight excluding hydrogens is 386 g/mol. The first-order valence-electron chi connectivity index (χ1n) is 9.07. The molecule has 4 rings (SSSR count). The number of rotatable bonds is 5. The van der Waals surface area contributed by atoms with Crippen molar-refractivity contribution >= 4 is 29.3 Å². The molecule has 2 heterocycles. The molecule has 0 bridgehead atoms. The summed E-state index contributed by atoms with van der Waals surface area (Å²) >= 11 is 1.68. The van der Waals surface area contributed by atoms with Crippen LogP contribution in [0.15, 0.2) is 71.0 Å². The van der Waals surface area contributed by atoms with E-state index in [0.29, 0.717) is 17.2 Å². The van der Waals surface area contributed by atoms with E-state index < -0.39 is 0 Å². The lowest BCUT2D eigenvalue weighted by molar-refractivity contribution is -0.113. The molecule has 0 saturated carbocycles. The molecule has 7 nitrogen and oxygen atoms in total. The van der Waals surface area contributed by atoms with Crippen molar-refractivity contribution in [2.45, 2.75) is 17.9 Å². The number of nitrogens with one attached hydrogen (secondary N) is 2. The Hall–Kier alpha value is -3.26. The second-order valence-corrected chi connectivity index (χ2v) is 7.43. The molecule has 1 amide bonds. The summed E-state index contributed by atoms with van der Waals surface area (Å²) in [6.45, 7) is 1.88. The minimum atomic E-state index is -0.372. The van der Waals surface area contributed by atoms with Crippen molar-refractivity contribution in [2.24, 2.45) is 0 Å². The fourth-order valence-electron chi connectivity index (χ4n) is 3.35. The van der Waals surface area contributed by atoms with Crippen molar-refractivity contribution in [2.75, 3.05) is 24.0 Å². The highest BCUT2D eigenvalue weighted by atomic mass is 32.2. The first-order chi connectivity index (χ1) is 14.1. The SMILES string of the molecule is COc1ccc(NC(=O)C2=C(C)Nc3ncnn3C2c2ccc(SC)cc2)cc1. The molecule has 0 aliphatic carbocycles. The molecule has 1 aliphatic heterocycles. The Morgan fingerprint density at radius 1 is 1.17 bits per heavy atom. The number of aromatic nitrogens is 3. The normalized spacial score (nSPS) is 15.5. The standard InChI is InChI=1S/C21H21N5O2S/c1-13-18(20(27)25-15-6-8-16(28-2)9-7-15)19(26-21(24-13)22-12-23-26)14-4-10-17(29-3)11-5-14/h4-12,19H,1-3H3,(H,25,27)(H,22,23,24). The van der Waals surface area contributed by atoms with Crippen LogP contribution >= 0.6 is 11.8 Å². The maximum Gasteiger partial charge on any atom is 0.255 e. The van der Waals surface area contributed by atoms with Gasteiger partial charge in [-0.25, -0.2) is 4.68 Å². The smallest absolute Gasteiger partial charge is 0.255 e. The number of hydrogen-bond acceptors (Lipinski definition) is 6. The third-order valence-electron chi connectivity index (χ3n) is 4.82. The summed E-state index contributed by atoms with van der Waals surface area (Å²) in [5.74, 6) is 1.15. The summed E-state index contributed by atoms with van der Waals surface area (Å²) in [6.07, 6.45) is 3.52. The lowest BCUT2D eigenvalue weighted by Gasteiger charge is -2.28. The predicted octanol–water partition coefficient (Wildman–Crippen LogP) is 3.94. The van der Waals surface area contributed by atoms with Gasteiger partial charge >= 0.3 is 0 Å². The van der Waals surface area contributed by atoms with Gasteiger partial charge in [-0.2, -0.15) is 10.1 Å². The van der Waals surface area contributed by atoms with Crippen molar-refractivity contribution in [3.8, 4) is 5.75 Å². The zero-order valence-electron chi connectivity index (χ0n) is 16.3. The van der Waals surface area contributed by atoms with E-state index >= 15 is 0 Å². The van der Waals surface area contributed by atoms with Gasteiger partial charge in [0.25, 0.3) is 5.91 Å². The Morgan fingerprint density at radius 2 is 1.90 bits per heavy atom. The van der Waals surface area contributed by atoms with Crippen LogP contribution in [0.25, 0.3) is 0 Å². The molecule has 3 aromatic rings. The van der Waals surface area contributed by atoms with E-state index in [0.717, 1.165) is 21.9 Å². The summed E-state index contributed by atoms with van der Waals surface area (Å²) in [5, 5.41) is 10.5. The van der Waals surface area contributed by atoms with Gasteiger partial charge in [-0.05, 0) is 55.1 Å². The number of hydrogen-bond donors (Lipinski definition) is 2. The lowest BCUT2D eigenvalue weighted by Crippen LogP contribution is -2.31. The molecule has 1 aliphatic rings. The molecule has 0 fully saturated rings. The van der Waals surface area contributed by atoms with E-state index in [1.165, 1.54) is 6.33 Å². The van der Waals surface area contributed by atoms with Crippen LogP contribution in [-0.2, 0) is 4.79 Å². The molecule has 0 saturated heterocycles. The van der Waals surface area contributed by atoms with E-state index in [-0.39, 0.29) is 11.9 Å². The van der Waals surface area contributed by atoms with E-state index in [1.807, 2.05) is 61.7 Å². The molecule has 1 aromatic heterocycles. The number of thioether (sulfide) groups is 1. The molecule has 29 heavy (non-hydrogen) atoms. The molecule has 8 heteroatoms. The quantitative estimate of drug-likeness (QED) is 0.624. The summed E-state index contributed by atoms with van der Waals surface area (Å²) in [4.78, 5) is 18.7. The maximum absolute atomic E-state index is 13.3. The van der Waals surface area contributed by atoms with E-state index in [1.54, 1.807) is 23.6 Å². The number of carbonyl (C=O) groups excluding carboxylic acids is 1. The Balaban J connectivity index is 1.70. The summed E-state index contributed by atoms with van der Waals surface area (Å²) in [5.41, 5.74) is 3.00. The number of nitrogens with zero attached hydrogens (tertiary/aromatic N) is 3. The number of benzene rings is 2. The first kappa shape index (κ1) is 19.1. The van der Waals surface area contributed by atoms with Crippen LogP contribution in [-0.4, -0.2) is 34.0 Å². The zero-order chi connectivity index (χ0) is 20.4. The largest absolute Gasteiger partial charge is 0.497 e. The van der Waals surface area contributed by atoms with Crippen molar-refractivity contribution in [3.63, 3.8) is 0 Å². The summed E-state index contributed by atoms with van der Waals surface area (Å²) in [6, 6.07) is 15.0. The van der Waals surface area contributed by atoms with Crippen LogP contribution in [0.3, 0.4) is 0 Å². The Bertz CT molecular complexity index is 1060. The van der Waals surface area contributed by atoms with Crippen LogP contribution in [0.5, 0.6) is 5.75 Å². The molecule has 2 aromatic carbocycles. The average Bonchev–Trinajstić information content (AvgIpc) is 3.21. The van der Waals surface area contributed by atoms with Crippen LogP contribution in [0.4, 0.5) is 11.6 Å². The minimum absolute atomic E-state index is 0.194. The fraction of sp³-hybridized carbons (Fsp3) is 0.190. The van der Waals surface area contributed by atoms with E-state index in [4.69, 9.17) is 4.74 Å². The molecule has 2 N–H and O–H groups in total. The number of fused-ring (bicyclic) bond motifs is 1. The predicted molar refractivity (Wildman–Crippen MR) is 114 cm³/mol. The topological polar surface area (TPSA) is 81.1 Å². The van der Waals surface area contributed by atoms with Gasteiger partial charge in [-0.3, -0.25) is 4.79 Å². The van der Waals surface area contributed by atoms with Gasteiger partial charge in [0.2, 0.25) is 5.95 Å². The van der Waals surface area contributed by atoms with Gasteiger partial charge in [0.1, 0.15) is 18.1 Å². The van der Waals surface area contributed by atoms with Crippen molar-refractivity contribution in [1.29, 1.82) is 0 Å². The number of allylic oxidation sites excluding steroid dienone is 1. The van der Waals surface area contributed by atoms with Crippen LogP contribution in [0, 0.1) is 0 Å². The van der Waals surface area contributed by atoms with Crippen molar-refractivity contribution < 1.29 is 9.53 Å². The van der Waals surface area contributed by atoms with Gasteiger partial charge < -0.3 is 15.4 Å². The molecule has 148 valence electrons. The summed E-state index contributed by atoms with van der Waals surface area (Å²) < 4.78 is 6.92. The Labute approximate surface area is 173 Å². The lowest BCUT2D eigenvalue weighted by atomic mass is 9.95. The van der Waals surface area contributed by atoms with E-state index in [9.17, 15) is 4.79 Å². The molecular formula is C21H21N5O2S. The average molecular weight is 407 g/mol. The maximum atomic E-state index is 13.3. The number of anilines is 2. The van der Waals surface area contributed by atoms with Crippen LogP contribution in [0.1, 0.15) is 18.5 Å². The molecule has 0 radical (unpaired) electrons. The number of amides is 1. The zero-order valence-corrected chi connectivity index (χ0v) is 17.2. The van der Waals surface area contributed by atoms with Crippen molar-refractivity contribution in [1.82, 2.24) is 14.8 Å².